The molecular formula is C26H27ClN6O5. The lowest BCUT2D eigenvalue weighted by atomic mass is 9.99. The fraction of sp³-hybridized carbons (Fsp3) is 0.308. The fourth-order valence-corrected chi connectivity index (χ4v) is 4.18. The van der Waals surface area contributed by atoms with Crippen molar-refractivity contribution in [2.75, 3.05) is 6.61 Å². The van der Waals surface area contributed by atoms with E-state index in [9.17, 15) is 9.59 Å². The lowest BCUT2D eigenvalue weighted by molar-refractivity contribution is -0.0815. The Bertz CT molecular complexity index is 1390. The van der Waals surface area contributed by atoms with Crippen LogP contribution in [-0.4, -0.2) is 55.2 Å². The van der Waals surface area contributed by atoms with Gasteiger partial charge in [-0.3, -0.25) is 4.57 Å². The number of aromatic nitrogens is 6. The van der Waals surface area contributed by atoms with Crippen LogP contribution in [0.5, 0.6) is 0 Å². The van der Waals surface area contributed by atoms with E-state index in [1.54, 1.807) is 11.5 Å². The average Bonchev–Trinajstić information content (AvgIpc) is 3.55. The second-order valence-corrected chi connectivity index (χ2v) is 8.58. The predicted octanol–water partition coefficient (Wildman–Crippen LogP) is 5.39. The molecule has 2 aromatic heterocycles. The molecule has 0 aliphatic heterocycles. The smallest absolute Gasteiger partial charge is 0.435 e. The minimum Gasteiger partial charge on any atom is -0.435 e. The Kier molecular flexibility index (Phi) is 8.70. The van der Waals surface area contributed by atoms with Crippen molar-refractivity contribution < 1.29 is 23.8 Å². The van der Waals surface area contributed by atoms with Gasteiger partial charge in [-0.05, 0) is 47.0 Å². The second-order valence-electron chi connectivity index (χ2n) is 8.22. The average molecular weight is 539 g/mol. The molecule has 0 fully saturated rings. The molecule has 0 saturated heterocycles. The first-order valence-electron chi connectivity index (χ1n) is 12.2. The molecular weight excluding hydrogens is 512 g/mol. The number of aromatic amines is 1. The van der Waals surface area contributed by atoms with Gasteiger partial charge in [0.15, 0.2) is 16.7 Å². The number of rotatable bonds is 10. The highest BCUT2D eigenvalue weighted by molar-refractivity contribution is 6.32. The van der Waals surface area contributed by atoms with Crippen LogP contribution in [0.25, 0.3) is 28.2 Å². The molecule has 1 N–H and O–H groups in total. The van der Waals surface area contributed by atoms with Gasteiger partial charge in [-0.25, -0.2) is 19.7 Å². The van der Waals surface area contributed by atoms with Gasteiger partial charge in [-0.2, -0.15) is 0 Å². The summed E-state index contributed by atoms with van der Waals surface area (Å²) in [5.74, 6) is 0.384. The zero-order valence-corrected chi connectivity index (χ0v) is 21.9. The molecule has 38 heavy (non-hydrogen) atoms. The molecule has 1 unspecified atom stereocenters. The van der Waals surface area contributed by atoms with E-state index >= 15 is 0 Å². The number of imidazole rings is 1. The topological polar surface area (TPSA) is 134 Å². The summed E-state index contributed by atoms with van der Waals surface area (Å²) in [6, 6.07) is 15.3. The molecule has 0 bridgehead atoms. The Hall–Kier alpha value is -4.25. The van der Waals surface area contributed by atoms with Gasteiger partial charge in [0, 0.05) is 24.6 Å². The van der Waals surface area contributed by atoms with Crippen LogP contribution in [-0.2, 0) is 20.6 Å². The van der Waals surface area contributed by atoms with Crippen molar-refractivity contribution in [3.63, 3.8) is 0 Å². The Balaban J connectivity index is 1.67. The van der Waals surface area contributed by atoms with Crippen LogP contribution in [0.3, 0.4) is 0 Å². The van der Waals surface area contributed by atoms with E-state index in [-0.39, 0.29) is 17.5 Å². The maximum Gasteiger partial charge on any atom is 0.511 e. The first-order chi connectivity index (χ1) is 18.4. The van der Waals surface area contributed by atoms with Crippen molar-refractivity contribution >= 4 is 23.7 Å². The minimum absolute atomic E-state index is 0.00307. The van der Waals surface area contributed by atoms with Gasteiger partial charge in [0.05, 0.1) is 6.61 Å². The molecule has 4 rings (SSSR count). The van der Waals surface area contributed by atoms with E-state index in [4.69, 9.17) is 25.8 Å². The lowest BCUT2D eigenvalue weighted by Gasteiger charge is -2.16. The largest absolute Gasteiger partial charge is 0.511 e. The standard InChI is InChI=1S/C26H27ClN6O5/c1-4-6-11-21-28-23(27)22(25(34)37-16(3)38-26(35)36-5-2)33(21)18-14-12-17(13-15-18)19-9-7-8-10-20(19)24-29-31-32-30-24/h7-10,12-16H,4-6,11H2,1-3H3,(H,29,30,31,32). The Morgan fingerprint density at radius 3 is 2.45 bits per heavy atom. The van der Waals surface area contributed by atoms with Crippen LogP contribution < -0.4 is 0 Å². The molecule has 198 valence electrons. The van der Waals surface area contributed by atoms with Gasteiger partial charge in [0.25, 0.3) is 0 Å². The number of ether oxygens (including phenoxy) is 3. The molecule has 0 spiro atoms. The van der Waals surface area contributed by atoms with Crippen molar-refractivity contribution in [1.82, 2.24) is 30.2 Å². The summed E-state index contributed by atoms with van der Waals surface area (Å²) in [6.45, 7) is 5.25. The predicted molar refractivity (Wildman–Crippen MR) is 139 cm³/mol. The summed E-state index contributed by atoms with van der Waals surface area (Å²) in [6.07, 6.45) is 0.251. The van der Waals surface area contributed by atoms with E-state index in [1.165, 1.54) is 6.92 Å². The van der Waals surface area contributed by atoms with Gasteiger partial charge < -0.3 is 14.2 Å². The normalized spacial score (nSPS) is 11.7. The molecule has 12 heteroatoms. The first-order valence-corrected chi connectivity index (χ1v) is 12.6. The number of hydrogen-bond acceptors (Lipinski definition) is 9. The number of carbonyl (C=O) groups is 2. The fourth-order valence-electron chi connectivity index (χ4n) is 3.92. The summed E-state index contributed by atoms with van der Waals surface area (Å²) in [5, 5.41) is 14.2. The summed E-state index contributed by atoms with van der Waals surface area (Å²) in [4.78, 5) is 29.2. The van der Waals surface area contributed by atoms with E-state index in [2.05, 4.69) is 32.5 Å². The zero-order chi connectivity index (χ0) is 27.1. The van der Waals surface area contributed by atoms with E-state index in [1.807, 2.05) is 48.5 Å². The number of carbonyl (C=O) groups excluding carboxylic acids is 2. The van der Waals surface area contributed by atoms with Crippen molar-refractivity contribution in [2.24, 2.45) is 0 Å². The first kappa shape index (κ1) is 26.8. The van der Waals surface area contributed by atoms with Crippen LogP contribution in [0.2, 0.25) is 5.15 Å². The highest BCUT2D eigenvalue weighted by Crippen LogP contribution is 2.31. The highest BCUT2D eigenvalue weighted by Gasteiger charge is 2.27. The number of hydrogen-bond donors (Lipinski definition) is 1. The van der Waals surface area contributed by atoms with Crippen molar-refractivity contribution in [3.05, 3.63) is 65.2 Å². The van der Waals surface area contributed by atoms with E-state index in [0.29, 0.717) is 23.8 Å². The van der Waals surface area contributed by atoms with Crippen molar-refractivity contribution in [2.45, 2.75) is 46.3 Å². The number of esters is 1. The SMILES string of the molecule is CCCCc1nc(Cl)c(C(=O)OC(C)OC(=O)OCC)n1-c1ccc(-c2ccccc2-c2nnn[nH]2)cc1. The third-order valence-corrected chi connectivity index (χ3v) is 5.88. The summed E-state index contributed by atoms with van der Waals surface area (Å²) < 4.78 is 16.7. The molecule has 2 heterocycles. The molecule has 0 aliphatic rings. The number of tetrazole rings is 1. The van der Waals surface area contributed by atoms with Gasteiger partial charge in [-0.1, -0.05) is 61.3 Å². The number of unbranched alkanes of at least 4 members (excludes halogenated alkanes) is 1. The number of benzene rings is 2. The van der Waals surface area contributed by atoms with Gasteiger partial charge in [-0.15, -0.1) is 5.10 Å². The molecule has 1 atom stereocenters. The van der Waals surface area contributed by atoms with Crippen LogP contribution in [0.4, 0.5) is 4.79 Å². The number of halogens is 1. The Morgan fingerprint density at radius 1 is 1.05 bits per heavy atom. The lowest BCUT2D eigenvalue weighted by Crippen LogP contribution is -2.24. The second kappa shape index (κ2) is 12.3. The molecule has 0 aliphatic carbocycles. The number of aryl methyl sites for hydroxylation is 1. The third kappa shape index (κ3) is 6.00. The van der Waals surface area contributed by atoms with E-state index in [0.717, 1.165) is 29.5 Å². The molecule has 11 nitrogen and oxygen atoms in total. The number of H-pyrrole nitrogens is 1. The number of nitrogens with zero attached hydrogens (tertiary/aromatic N) is 5. The van der Waals surface area contributed by atoms with Crippen LogP contribution in [0, 0.1) is 0 Å². The quantitative estimate of drug-likeness (QED) is 0.208. The van der Waals surface area contributed by atoms with Crippen molar-refractivity contribution in [1.29, 1.82) is 0 Å². The Labute approximate surface area is 224 Å². The monoisotopic (exact) mass is 538 g/mol. The highest BCUT2D eigenvalue weighted by atomic mass is 35.5. The Morgan fingerprint density at radius 2 is 1.79 bits per heavy atom. The maximum atomic E-state index is 13.1. The minimum atomic E-state index is -1.19. The molecule has 2 aromatic carbocycles. The summed E-state index contributed by atoms with van der Waals surface area (Å²) in [7, 11) is 0. The van der Waals surface area contributed by atoms with Gasteiger partial charge in [0.2, 0.25) is 6.29 Å². The van der Waals surface area contributed by atoms with Crippen molar-refractivity contribution in [3.8, 4) is 28.2 Å². The van der Waals surface area contributed by atoms with Crippen LogP contribution in [0.15, 0.2) is 48.5 Å². The number of nitrogens with one attached hydrogen (secondary N) is 1. The summed E-state index contributed by atoms with van der Waals surface area (Å²) >= 11 is 6.43. The van der Waals surface area contributed by atoms with Crippen LogP contribution >= 0.6 is 11.6 Å². The summed E-state index contributed by atoms with van der Waals surface area (Å²) in [5.41, 5.74) is 3.40. The van der Waals surface area contributed by atoms with Gasteiger partial charge in [0.1, 0.15) is 5.82 Å². The molecule has 0 radical (unpaired) electrons. The molecule has 0 saturated carbocycles. The van der Waals surface area contributed by atoms with Crippen LogP contribution in [0.1, 0.15) is 49.9 Å². The van der Waals surface area contributed by atoms with E-state index < -0.39 is 18.4 Å². The maximum absolute atomic E-state index is 13.1. The molecule has 4 aromatic rings. The third-order valence-electron chi connectivity index (χ3n) is 5.61. The zero-order valence-electron chi connectivity index (χ0n) is 21.2. The van der Waals surface area contributed by atoms with Gasteiger partial charge >= 0.3 is 12.1 Å². The molecule has 0 amide bonds.